The number of nitrogens with one attached hydrogen (secondary N) is 1. The van der Waals surface area contributed by atoms with E-state index in [-0.39, 0.29) is 5.91 Å². The number of carbonyl (C=O) groups is 1. The highest BCUT2D eigenvalue weighted by atomic mass is 32.2. The minimum Gasteiger partial charge on any atom is -0.336 e. The van der Waals surface area contributed by atoms with Crippen LogP contribution in [0.5, 0.6) is 0 Å². The summed E-state index contributed by atoms with van der Waals surface area (Å²) in [5.41, 5.74) is 1.73. The van der Waals surface area contributed by atoms with E-state index in [0.717, 1.165) is 58.7 Å². The summed E-state index contributed by atoms with van der Waals surface area (Å²) in [6.07, 6.45) is 8.86. The number of hydrogen-bond acceptors (Lipinski definition) is 4. The maximum atomic E-state index is 12.9. The number of benzene rings is 2. The van der Waals surface area contributed by atoms with Crippen molar-refractivity contribution in [3.8, 4) is 0 Å². The Balaban J connectivity index is 1.32. The van der Waals surface area contributed by atoms with Crippen LogP contribution >= 0.6 is 11.9 Å². The van der Waals surface area contributed by atoms with Crippen molar-refractivity contribution < 1.29 is 4.79 Å². The number of allylic oxidation sites excluding steroid dienone is 2. The molecule has 1 aliphatic heterocycles. The molecule has 2 aliphatic rings. The molecule has 1 amide bonds. The molecule has 0 atom stereocenters. The van der Waals surface area contributed by atoms with E-state index in [1.54, 1.807) is 11.9 Å². The maximum Gasteiger partial charge on any atom is 0.253 e. The Kier molecular flexibility index (Phi) is 7.15. The summed E-state index contributed by atoms with van der Waals surface area (Å²) in [6, 6.07) is 14.0. The number of piperazine rings is 1. The molecule has 1 aliphatic carbocycles. The van der Waals surface area contributed by atoms with Crippen molar-refractivity contribution in [2.45, 2.75) is 24.7 Å². The first-order valence-electron chi connectivity index (χ1n) is 11.1. The first kappa shape index (κ1) is 21.7. The SMILES string of the molecule is C=c1c(SNc2ccc(C(=O)N3CCN(CC4CC4)CC3)cc2)ccc/c1=C/C=C\C. The van der Waals surface area contributed by atoms with Crippen molar-refractivity contribution in [3.05, 3.63) is 70.6 Å². The minimum absolute atomic E-state index is 0.137. The molecular weight excluding hydrogens is 402 g/mol. The number of amides is 1. The van der Waals surface area contributed by atoms with Crippen LogP contribution < -0.4 is 15.2 Å². The topological polar surface area (TPSA) is 35.6 Å². The van der Waals surface area contributed by atoms with Crippen LogP contribution in [-0.2, 0) is 0 Å². The fraction of sp³-hybridized carbons (Fsp3) is 0.346. The van der Waals surface area contributed by atoms with E-state index < -0.39 is 0 Å². The largest absolute Gasteiger partial charge is 0.336 e. The van der Waals surface area contributed by atoms with Gasteiger partial charge in [0.25, 0.3) is 5.91 Å². The molecule has 162 valence electrons. The molecule has 5 heteroatoms. The second-order valence-electron chi connectivity index (χ2n) is 8.33. The van der Waals surface area contributed by atoms with Crippen LogP contribution in [0.3, 0.4) is 0 Å². The third-order valence-corrected chi connectivity index (χ3v) is 6.86. The molecule has 0 bridgehead atoms. The number of anilines is 1. The quantitative estimate of drug-likeness (QED) is 0.675. The summed E-state index contributed by atoms with van der Waals surface area (Å²) in [4.78, 5) is 18.4. The van der Waals surface area contributed by atoms with Gasteiger partial charge in [-0.1, -0.05) is 36.9 Å². The smallest absolute Gasteiger partial charge is 0.253 e. The van der Waals surface area contributed by atoms with Crippen molar-refractivity contribution in [1.29, 1.82) is 0 Å². The molecule has 0 aromatic heterocycles. The Morgan fingerprint density at radius 3 is 2.55 bits per heavy atom. The fourth-order valence-electron chi connectivity index (χ4n) is 3.81. The van der Waals surface area contributed by atoms with Crippen LogP contribution in [-0.4, -0.2) is 48.4 Å². The molecular formula is C26H31N3OS. The second kappa shape index (κ2) is 10.2. The summed E-state index contributed by atoms with van der Waals surface area (Å²) >= 11 is 1.54. The summed E-state index contributed by atoms with van der Waals surface area (Å²) in [5.74, 6) is 1.05. The van der Waals surface area contributed by atoms with E-state index in [4.69, 9.17) is 0 Å². The van der Waals surface area contributed by atoms with E-state index in [0.29, 0.717) is 0 Å². The summed E-state index contributed by atoms with van der Waals surface area (Å²) in [6.45, 7) is 11.1. The highest BCUT2D eigenvalue weighted by Crippen LogP contribution is 2.30. The third-order valence-electron chi connectivity index (χ3n) is 5.92. The molecule has 1 saturated heterocycles. The van der Waals surface area contributed by atoms with Crippen LogP contribution in [0.15, 0.2) is 59.5 Å². The first-order valence-corrected chi connectivity index (χ1v) is 11.9. The maximum absolute atomic E-state index is 12.9. The van der Waals surface area contributed by atoms with Gasteiger partial charge >= 0.3 is 0 Å². The second-order valence-corrected chi connectivity index (χ2v) is 9.18. The zero-order chi connectivity index (χ0) is 21.6. The van der Waals surface area contributed by atoms with Crippen LogP contribution in [0, 0.1) is 5.92 Å². The highest BCUT2D eigenvalue weighted by Gasteiger charge is 2.27. The molecule has 0 unspecified atom stereocenters. The zero-order valence-electron chi connectivity index (χ0n) is 18.2. The molecule has 1 N–H and O–H groups in total. The number of carbonyl (C=O) groups excluding carboxylic acids is 1. The molecule has 4 rings (SSSR count). The molecule has 31 heavy (non-hydrogen) atoms. The lowest BCUT2D eigenvalue weighted by atomic mass is 10.1. The van der Waals surface area contributed by atoms with Crippen molar-refractivity contribution in [1.82, 2.24) is 9.80 Å². The Hall–Kier alpha value is -2.50. The summed E-state index contributed by atoms with van der Waals surface area (Å²) in [5, 5.41) is 2.12. The Bertz CT molecular complexity index is 1040. The average molecular weight is 434 g/mol. The van der Waals surface area contributed by atoms with E-state index in [1.165, 1.54) is 19.4 Å². The first-order chi connectivity index (χ1) is 15.1. The van der Waals surface area contributed by atoms with Crippen molar-refractivity contribution in [2.24, 2.45) is 5.92 Å². The van der Waals surface area contributed by atoms with Gasteiger partial charge in [0.2, 0.25) is 0 Å². The predicted molar refractivity (Wildman–Crippen MR) is 131 cm³/mol. The van der Waals surface area contributed by atoms with Crippen molar-refractivity contribution >= 4 is 36.2 Å². The molecule has 2 fully saturated rings. The fourth-order valence-corrected chi connectivity index (χ4v) is 4.56. The van der Waals surface area contributed by atoms with E-state index in [1.807, 2.05) is 54.3 Å². The van der Waals surface area contributed by atoms with Gasteiger partial charge in [0, 0.05) is 48.9 Å². The van der Waals surface area contributed by atoms with Gasteiger partial charge in [0.05, 0.1) is 0 Å². The molecule has 1 saturated carbocycles. The molecule has 2 aromatic carbocycles. The van der Waals surface area contributed by atoms with E-state index in [2.05, 4.69) is 34.4 Å². The number of hydrogen-bond donors (Lipinski definition) is 1. The van der Waals surface area contributed by atoms with Gasteiger partial charge in [-0.25, -0.2) is 0 Å². The monoisotopic (exact) mass is 433 g/mol. The van der Waals surface area contributed by atoms with Gasteiger partial charge in [-0.3, -0.25) is 9.69 Å². The standard InChI is InChI=1S/C26H31N3OS/c1-3-4-6-22-7-5-8-25(20(22)2)31-27-24-13-11-23(12-14-24)26(30)29-17-15-28(16-18-29)19-21-9-10-21/h3-8,11-14,21,27H,2,9-10,15-19H2,1H3/b4-3-,22-6-. The Morgan fingerprint density at radius 2 is 1.87 bits per heavy atom. The normalized spacial score (nSPS) is 18.0. The minimum atomic E-state index is 0.137. The Labute approximate surface area is 189 Å². The summed E-state index contributed by atoms with van der Waals surface area (Å²) in [7, 11) is 0. The van der Waals surface area contributed by atoms with Crippen LogP contribution in [0.4, 0.5) is 5.69 Å². The van der Waals surface area contributed by atoms with Crippen LogP contribution in [0.25, 0.3) is 12.7 Å². The van der Waals surface area contributed by atoms with Gasteiger partial charge in [-0.15, -0.1) is 0 Å². The third kappa shape index (κ3) is 5.81. The molecule has 0 spiro atoms. The van der Waals surface area contributed by atoms with Gasteiger partial charge in [-0.2, -0.15) is 0 Å². The zero-order valence-corrected chi connectivity index (χ0v) is 19.0. The Morgan fingerprint density at radius 1 is 1.13 bits per heavy atom. The van der Waals surface area contributed by atoms with Gasteiger partial charge in [-0.05, 0) is 78.4 Å². The van der Waals surface area contributed by atoms with E-state index >= 15 is 0 Å². The molecule has 2 aromatic rings. The van der Waals surface area contributed by atoms with Crippen LogP contribution in [0.2, 0.25) is 0 Å². The lowest BCUT2D eigenvalue weighted by Gasteiger charge is -2.34. The van der Waals surface area contributed by atoms with E-state index in [9.17, 15) is 4.79 Å². The lowest BCUT2D eigenvalue weighted by Crippen LogP contribution is -2.49. The van der Waals surface area contributed by atoms with Crippen LogP contribution in [0.1, 0.15) is 30.1 Å². The van der Waals surface area contributed by atoms with Gasteiger partial charge in [0.15, 0.2) is 0 Å². The average Bonchev–Trinajstić information content (AvgIpc) is 3.62. The summed E-state index contributed by atoms with van der Waals surface area (Å²) < 4.78 is 3.37. The molecule has 4 nitrogen and oxygen atoms in total. The number of nitrogens with zero attached hydrogens (tertiary/aromatic N) is 2. The van der Waals surface area contributed by atoms with Crippen molar-refractivity contribution in [2.75, 3.05) is 37.4 Å². The van der Waals surface area contributed by atoms with Gasteiger partial charge < -0.3 is 9.62 Å². The number of rotatable bonds is 7. The molecule has 0 radical (unpaired) electrons. The van der Waals surface area contributed by atoms with Gasteiger partial charge in [0.1, 0.15) is 0 Å². The predicted octanol–water partition coefficient (Wildman–Crippen LogP) is 3.74. The molecule has 1 heterocycles. The highest BCUT2D eigenvalue weighted by molar-refractivity contribution is 8.00. The van der Waals surface area contributed by atoms with Crippen molar-refractivity contribution in [3.63, 3.8) is 0 Å². The lowest BCUT2D eigenvalue weighted by molar-refractivity contribution is 0.0632.